The molecule has 0 aromatic heterocycles. The van der Waals surface area contributed by atoms with Crippen LogP contribution in [0.5, 0.6) is 0 Å². The molecule has 2 N–H and O–H groups in total. The topological polar surface area (TPSA) is 84.3 Å². The minimum Gasteiger partial charge on any atom is -0.350 e. The smallest absolute Gasteiger partial charge is 0.269 e. The van der Waals surface area contributed by atoms with E-state index in [0.29, 0.717) is 12.1 Å². The van der Waals surface area contributed by atoms with Crippen LogP contribution in [0, 0.1) is 10.1 Å². The van der Waals surface area contributed by atoms with E-state index in [1.54, 1.807) is 0 Å². The van der Waals surface area contributed by atoms with Crippen LogP contribution in [-0.4, -0.2) is 30.0 Å². The number of nitrogens with zero attached hydrogens (tertiary/aromatic N) is 1. The lowest BCUT2D eigenvalue weighted by molar-refractivity contribution is -0.384. The lowest BCUT2D eigenvalue weighted by Crippen LogP contribution is -2.38. The van der Waals surface area contributed by atoms with Crippen LogP contribution in [0.15, 0.2) is 24.3 Å². The summed E-state index contributed by atoms with van der Waals surface area (Å²) in [5.74, 6) is -0.227. The Morgan fingerprint density at radius 1 is 1.37 bits per heavy atom. The predicted molar refractivity (Wildman–Crippen MR) is 75.8 cm³/mol. The van der Waals surface area contributed by atoms with Crippen LogP contribution >= 0.6 is 12.4 Å². The summed E-state index contributed by atoms with van der Waals surface area (Å²) in [5, 5.41) is 16.4. The molecular weight excluding hydrogens is 270 g/mol. The molecule has 0 fully saturated rings. The third-order valence-corrected chi connectivity index (χ3v) is 2.46. The number of non-ortho nitro benzene ring substituents is 1. The normalized spacial score (nSPS) is 11.3. The second-order valence-electron chi connectivity index (χ2n) is 3.97. The standard InChI is InChI=1S/C12H17N3O3.ClH/c1-3-13-9(2)8-14-12(16)10-4-6-11(7-5-10)15(17)18;/h4-7,9,13H,3,8H2,1-2H3,(H,14,16);1H/t9-;/m1./s1. The van der Waals surface area contributed by atoms with Gasteiger partial charge in [-0.3, -0.25) is 14.9 Å². The van der Waals surface area contributed by atoms with Crippen LogP contribution in [0.25, 0.3) is 0 Å². The third-order valence-electron chi connectivity index (χ3n) is 2.46. The highest BCUT2D eigenvalue weighted by atomic mass is 35.5. The number of nitro benzene ring substituents is 1. The van der Waals surface area contributed by atoms with Crippen molar-refractivity contribution in [1.82, 2.24) is 10.6 Å². The molecule has 0 aliphatic rings. The fourth-order valence-corrected chi connectivity index (χ4v) is 1.50. The van der Waals surface area contributed by atoms with Crippen molar-refractivity contribution < 1.29 is 9.72 Å². The SMILES string of the molecule is CCN[C@H](C)CNC(=O)c1ccc([N+](=O)[O-])cc1.Cl. The quantitative estimate of drug-likeness (QED) is 0.616. The van der Waals surface area contributed by atoms with Gasteiger partial charge in [0, 0.05) is 30.3 Å². The molecule has 0 aliphatic carbocycles. The Bertz CT molecular complexity index is 423. The monoisotopic (exact) mass is 287 g/mol. The highest BCUT2D eigenvalue weighted by Crippen LogP contribution is 2.11. The molecule has 0 saturated carbocycles. The van der Waals surface area contributed by atoms with E-state index in [4.69, 9.17) is 0 Å². The van der Waals surface area contributed by atoms with E-state index < -0.39 is 4.92 Å². The molecule has 0 aliphatic heterocycles. The Kier molecular flexibility index (Phi) is 7.71. The highest BCUT2D eigenvalue weighted by Gasteiger charge is 2.09. The van der Waals surface area contributed by atoms with Crippen molar-refractivity contribution >= 4 is 24.0 Å². The molecule has 6 nitrogen and oxygen atoms in total. The van der Waals surface area contributed by atoms with Crippen LogP contribution in [0.3, 0.4) is 0 Å². The second kappa shape index (κ2) is 8.44. The molecule has 19 heavy (non-hydrogen) atoms. The summed E-state index contributed by atoms with van der Waals surface area (Å²) in [6.45, 7) is 5.33. The minimum atomic E-state index is -0.491. The zero-order valence-corrected chi connectivity index (χ0v) is 11.7. The Balaban J connectivity index is 0.00000324. The van der Waals surface area contributed by atoms with Gasteiger partial charge in [0.2, 0.25) is 0 Å². The molecule has 1 aromatic rings. The number of amides is 1. The zero-order valence-electron chi connectivity index (χ0n) is 10.9. The number of hydrogen-bond donors (Lipinski definition) is 2. The fourth-order valence-electron chi connectivity index (χ4n) is 1.50. The van der Waals surface area contributed by atoms with Gasteiger partial charge in [0.1, 0.15) is 0 Å². The molecule has 7 heteroatoms. The maximum atomic E-state index is 11.7. The summed E-state index contributed by atoms with van der Waals surface area (Å²) in [4.78, 5) is 21.7. The van der Waals surface area contributed by atoms with Gasteiger partial charge < -0.3 is 10.6 Å². The summed E-state index contributed by atoms with van der Waals surface area (Å²) in [5.41, 5.74) is 0.400. The summed E-state index contributed by atoms with van der Waals surface area (Å²) < 4.78 is 0. The lowest BCUT2D eigenvalue weighted by atomic mass is 10.2. The van der Waals surface area contributed by atoms with Crippen molar-refractivity contribution in [3.05, 3.63) is 39.9 Å². The van der Waals surface area contributed by atoms with Crippen molar-refractivity contribution in [2.75, 3.05) is 13.1 Å². The number of hydrogen-bond acceptors (Lipinski definition) is 4. The average molecular weight is 288 g/mol. The molecule has 1 atom stereocenters. The minimum absolute atomic E-state index is 0. The number of nitro groups is 1. The number of nitrogens with one attached hydrogen (secondary N) is 2. The molecule has 0 bridgehead atoms. The number of benzene rings is 1. The van der Waals surface area contributed by atoms with Crippen LogP contribution in [-0.2, 0) is 0 Å². The van der Waals surface area contributed by atoms with Gasteiger partial charge in [-0.2, -0.15) is 0 Å². The van der Waals surface area contributed by atoms with Gasteiger partial charge in [-0.05, 0) is 25.6 Å². The Hall–Kier alpha value is -1.66. The Labute approximate surface area is 118 Å². The summed E-state index contributed by atoms with van der Waals surface area (Å²) in [7, 11) is 0. The van der Waals surface area contributed by atoms with Crippen LogP contribution < -0.4 is 10.6 Å². The summed E-state index contributed by atoms with van der Waals surface area (Å²) in [6.07, 6.45) is 0. The number of rotatable bonds is 6. The van der Waals surface area contributed by atoms with Crippen molar-refractivity contribution in [1.29, 1.82) is 0 Å². The van der Waals surface area contributed by atoms with Crippen molar-refractivity contribution in [3.8, 4) is 0 Å². The maximum Gasteiger partial charge on any atom is 0.269 e. The molecule has 0 unspecified atom stereocenters. The van der Waals surface area contributed by atoms with E-state index in [2.05, 4.69) is 10.6 Å². The molecule has 0 saturated heterocycles. The first kappa shape index (κ1) is 17.3. The predicted octanol–water partition coefficient (Wildman–Crippen LogP) is 1.74. The van der Waals surface area contributed by atoms with E-state index in [-0.39, 0.29) is 30.0 Å². The van der Waals surface area contributed by atoms with Crippen LogP contribution in [0.1, 0.15) is 24.2 Å². The first-order valence-corrected chi connectivity index (χ1v) is 5.80. The Morgan fingerprint density at radius 2 is 1.95 bits per heavy atom. The number of likely N-dealkylation sites (N-methyl/N-ethyl adjacent to an activating group) is 1. The highest BCUT2D eigenvalue weighted by molar-refractivity contribution is 5.94. The van der Waals surface area contributed by atoms with Crippen LogP contribution in [0.4, 0.5) is 5.69 Å². The molecule has 0 radical (unpaired) electrons. The molecule has 1 aromatic carbocycles. The molecule has 1 amide bonds. The van der Waals surface area contributed by atoms with E-state index >= 15 is 0 Å². The zero-order chi connectivity index (χ0) is 13.5. The molecule has 106 valence electrons. The third kappa shape index (κ3) is 5.67. The molecule has 0 heterocycles. The van der Waals surface area contributed by atoms with Crippen molar-refractivity contribution in [3.63, 3.8) is 0 Å². The van der Waals surface area contributed by atoms with Crippen molar-refractivity contribution in [2.24, 2.45) is 0 Å². The van der Waals surface area contributed by atoms with Gasteiger partial charge in [-0.25, -0.2) is 0 Å². The van der Waals surface area contributed by atoms with Crippen LogP contribution in [0.2, 0.25) is 0 Å². The van der Waals surface area contributed by atoms with E-state index in [1.165, 1.54) is 24.3 Å². The first-order valence-electron chi connectivity index (χ1n) is 5.80. The molecule has 0 spiro atoms. The van der Waals surface area contributed by atoms with E-state index in [1.807, 2.05) is 13.8 Å². The Morgan fingerprint density at radius 3 is 2.42 bits per heavy atom. The lowest BCUT2D eigenvalue weighted by Gasteiger charge is -2.13. The van der Waals surface area contributed by atoms with E-state index in [0.717, 1.165) is 6.54 Å². The van der Waals surface area contributed by atoms with Gasteiger partial charge in [-0.1, -0.05) is 6.92 Å². The van der Waals surface area contributed by atoms with Gasteiger partial charge in [0.15, 0.2) is 0 Å². The fraction of sp³-hybridized carbons (Fsp3) is 0.417. The second-order valence-corrected chi connectivity index (χ2v) is 3.97. The number of carbonyl (C=O) groups excluding carboxylic acids is 1. The maximum absolute atomic E-state index is 11.7. The number of carbonyl (C=O) groups is 1. The van der Waals surface area contributed by atoms with Crippen molar-refractivity contribution in [2.45, 2.75) is 19.9 Å². The number of halogens is 1. The largest absolute Gasteiger partial charge is 0.350 e. The average Bonchev–Trinajstić information content (AvgIpc) is 2.36. The van der Waals surface area contributed by atoms with Gasteiger partial charge in [-0.15, -0.1) is 12.4 Å². The van der Waals surface area contributed by atoms with Gasteiger partial charge >= 0.3 is 0 Å². The van der Waals surface area contributed by atoms with Gasteiger partial charge in [0.25, 0.3) is 11.6 Å². The molecular formula is C12H18ClN3O3. The summed E-state index contributed by atoms with van der Waals surface area (Å²) in [6, 6.07) is 5.74. The van der Waals surface area contributed by atoms with Gasteiger partial charge in [0.05, 0.1) is 4.92 Å². The molecule has 1 rings (SSSR count). The first-order chi connectivity index (χ1) is 8.54. The summed E-state index contributed by atoms with van der Waals surface area (Å²) >= 11 is 0. The van der Waals surface area contributed by atoms with E-state index in [9.17, 15) is 14.9 Å².